The van der Waals surface area contributed by atoms with Gasteiger partial charge in [-0.15, -0.1) is 0 Å². The van der Waals surface area contributed by atoms with Crippen molar-refractivity contribution in [3.05, 3.63) is 24.3 Å². The molecule has 94 valence electrons. The molecule has 0 amide bonds. The fourth-order valence-corrected chi connectivity index (χ4v) is 2.51. The van der Waals surface area contributed by atoms with Crippen molar-refractivity contribution in [3.63, 3.8) is 0 Å². The molecule has 0 aromatic heterocycles. The first-order valence-corrected chi connectivity index (χ1v) is 6.88. The molecule has 1 aliphatic rings. The first-order valence-electron chi connectivity index (χ1n) is 6.88. The molecule has 0 aliphatic heterocycles. The predicted molar refractivity (Wildman–Crippen MR) is 72.7 cm³/mol. The number of hydrogen-bond acceptors (Lipinski definition) is 2. The van der Waals surface area contributed by atoms with Crippen LogP contribution in [-0.4, -0.2) is 12.6 Å². The van der Waals surface area contributed by atoms with Crippen LogP contribution >= 0.6 is 0 Å². The largest absolute Gasteiger partial charge is 0.492 e. The van der Waals surface area contributed by atoms with Crippen molar-refractivity contribution >= 4 is 5.69 Å². The van der Waals surface area contributed by atoms with Crippen LogP contribution in [0.4, 0.5) is 5.69 Å². The van der Waals surface area contributed by atoms with Gasteiger partial charge in [0.25, 0.3) is 0 Å². The van der Waals surface area contributed by atoms with Crippen molar-refractivity contribution in [1.29, 1.82) is 0 Å². The Labute approximate surface area is 104 Å². The summed E-state index contributed by atoms with van der Waals surface area (Å²) in [4.78, 5) is 0. The number of ether oxygens (including phenoxy) is 1. The molecule has 1 saturated carbocycles. The van der Waals surface area contributed by atoms with E-state index in [0.29, 0.717) is 6.04 Å². The summed E-state index contributed by atoms with van der Waals surface area (Å²) < 4.78 is 5.65. The first kappa shape index (κ1) is 12.3. The lowest BCUT2D eigenvalue weighted by Gasteiger charge is -2.19. The van der Waals surface area contributed by atoms with E-state index in [-0.39, 0.29) is 0 Å². The highest BCUT2D eigenvalue weighted by Crippen LogP contribution is 2.27. The number of benzene rings is 1. The van der Waals surface area contributed by atoms with E-state index in [1.165, 1.54) is 38.5 Å². The Morgan fingerprint density at radius 1 is 1.12 bits per heavy atom. The molecule has 2 rings (SSSR count). The fraction of sp³-hybridized carbons (Fsp3) is 0.600. The van der Waals surface area contributed by atoms with E-state index in [0.717, 1.165) is 18.0 Å². The minimum absolute atomic E-state index is 0.624. The quantitative estimate of drug-likeness (QED) is 0.786. The lowest BCUT2D eigenvalue weighted by Crippen LogP contribution is -2.18. The van der Waals surface area contributed by atoms with Crippen LogP contribution in [0.1, 0.15) is 45.4 Å². The summed E-state index contributed by atoms with van der Waals surface area (Å²) in [7, 11) is 0. The van der Waals surface area contributed by atoms with E-state index in [1.807, 2.05) is 19.1 Å². The SMILES string of the molecule is CCOc1ccccc1NC1CCCCCC1. The molecule has 1 N–H and O–H groups in total. The van der Waals surface area contributed by atoms with Gasteiger partial charge in [-0.25, -0.2) is 0 Å². The standard InChI is InChI=1S/C15H23NO/c1-2-17-15-12-8-7-11-14(15)16-13-9-5-3-4-6-10-13/h7-8,11-13,16H,2-6,9-10H2,1H3. The molecule has 0 radical (unpaired) electrons. The second-order valence-electron chi connectivity index (χ2n) is 4.76. The number of anilines is 1. The summed E-state index contributed by atoms with van der Waals surface area (Å²) in [5, 5.41) is 3.65. The number of hydrogen-bond donors (Lipinski definition) is 1. The van der Waals surface area contributed by atoms with Crippen LogP contribution in [0.3, 0.4) is 0 Å². The highest BCUT2D eigenvalue weighted by molar-refractivity contribution is 5.56. The third-order valence-electron chi connectivity index (χ3n) is 3.40. The molecule has 0 unspecified atom stereocenters. The van der Waals surface area contributed by atoms with Crippen LogP contribution in [0.15, 0.2) is 24.3 Å². The second kappa shape index (κ2) is 6.53. The van der Waals surface area contributed by atoms with Crippen LogP contribution in [0.2, 0.25) is 0 Å². The third-order valence-corrected chi connectivity index (χ3v) is 3.40. The lowest BCUT2D eigenvalue weighted by atomic mass is 10.1. The van der Waals surface area contributed by atoms with Gasteiger partial charge in [0, 0.05) is 6.04 Å². The Bertz CT molecular complexity index is 329. The van der Waals surface area contributed by atoms with E-state index < -0.39 is 0 Å². The minimum atomic E-state index is 0.624. The number of nitrogens with one attached hydrogen (secondary N) is 1. The van der Waals surface area contributed by atoms with Crippen LogP contribution < -0.4 is 10.1 Å². The van der Waals surface area contributed by atoms with Crippen LogP contribution in [-0.2, 0) is 0 Å². The van der Waals surface area contributed by atoms with Crippen molar-refractivity contribution in [2.75, 3.05) is 11.9 Å². The normalized spacial score (nSPS) is 17.5. The summed E-state index contributed by atoms with van der Waals surface area (Å²) in [6, 6.07) is 8.89. The molecule has 2 nitrogen and oxygen atoms in total. The molecule has 0 saturated heterocycles. The molecule has 2 heteroatoms. The Morgan fingerprint density at radius 3 is 2.53 bits per heavy atom. The topological polar surface area (TPSA) is 21.3 Å². The monoisotopic (exact) mass is 233 g/mol. The first-order chi connectivity index (χ1) is 8.40. The van der Waals surface area contributed by atoms with E-state index in [4.69, 9.17) is 4.74 Å². The lowest BCUT2D eigenvalue weighted by molar-refractivity contribution is 0.341. The maximum Gasteiger partial charge on any atom is 0.142 e. The Kier molecular flexibility index (Phi) is 4.72. The van der Waals surface area contributed by atoms with E-state index >= 15 is 0 Å². The zero-order chi connectivity index (χ0) is 11.9. The van der Waals surface area contributed by atoms with Gasteiger partial charge < -0.3 is 10.1 Å². The van der Waals surface area contributed by atoms with Gasteiger partial charge in [-0.2, -0.15) is 0 Å². The van der Waals surface area contributed by atoms with Gasteiger partial charge in [0.15, 0.2) is 0 Å². The second-order valence-corrected chi connectivity index (χ2v) is 4.76. The van der Waals surface area contributed by atoms with Gasteiger partial charge in [0.2, 0.25) is 0 Å². The van der Waals surface area contributed by atoms with Crippen molar-refractivity contribution in [1.82, 2.24) is 0 Å². The van der Waals surface area contributed by atoms with Gasteiger partial charge in [-0.3, -0.25) is 0 Å². The molecule has 0 spiro atoms. The van der Waals surface area contributed by atoms with Gasteiger partial charge in [-0.05, 0) is 31.9 Å². The molecule has 0 heterocycles. The van der Waals surface area contributed by atoms with Gasteiger partial charge in [-0.1, -0.05) is 37.8 Å². The maximum absolute atomic E-state index is 5.65. The smallest absolute Gasteiger partial charge is 0.142 e. The van der Waals surface area contributed by atoms with Crippen LogP contribution in [0.25, 0.3) is 0 Å². The van der Waals surface area contributed by atoms with Crippen LogP contribution in [0.5, 0.6) is 5.75 Å². The summed E-state index contributed by atoms with van der Waals surface area (Å²) in [5.41, 5.74) is 1.15. The van der Waals surface area contributed by atoms with Crippen molar-refractivity contribution in [2.24, 2.45) is 0 Å². The summed E-state index contributed by atoms with van der Waals surface area (Å²) >= 11 is 0. The molecule has 0 bridgehead atoms. The summed E-state index contributed by atoms with van der Waals surface area (Å²) in [6.45, 7) is 2.76. The molecule has 1 aromatic carbocycles. The molecular weight excluding hydrogens is 210 g/mol. The van der Waals surface area contributed by atoms with E-state index in [1.54, 1.807) is 0 Å². The number of para-hydroxylation sites is 2. The zero-order valence-corrected chi connectivity index (χ0v) is 10.7. The summed E-state index contributed by atoms with van der Waals surface area (Å²) in [6.07, 6.45) is 8.08. The highest BCUT2D eigenvalue weighted by atomic mass is 16.5. The Balaban J connectivity index is 2.00. The molecule has 1 aliphatic carbocycles. The highest BCUT2D eigenvalue weighted by Gasteiger charge is 2.13. The van der Waals surface area contributed by atoms with E-state index in [9.17, 15) is 0 Å². The average Bonchev–Trinajstić information content (AvgIpc) is 2.61. The molecule has 1 aromatic rings. The minimum Gasteiger partial charge on any atom is -0.492 e. The van der Waals surface area contributed by atoms with Crippen LogP contribution in [0, 0.1) is 0 Å². The fourth-order valence-electron chi connectivity index (χ4n) is 2.51. The molecule has 1 fully saturated rings. The van der Waals surface area contributed by atoms with Crippen molar-refractivity contribution in [3.8, 4) is 5.75 Å². The maximum atomic E-state index is 5.65. The Morgan fingerprint density at radius 2 is 1.82 bits per heavy atom. The van der Waals surface area contributed by atoms with Crippen molar-refractivity contribution in [2.45, 2.75) is 51.5 Å². The molecule has 17 heavy (non-hydrogen) atoms. The number of rotatable bonds is 4. The van der Waals surface area contributed by atoms with Gasteiger partial charge in [0.1, 0.15) is 5.75 Å². The third kappa shape index (κ3) is 3.65. The van der Waals surface area contributed by atoms with Gasteiger partial charge >= 0.3 is 0 Å². The predicted octanol–water partition coefficient (Wildman–Crippen LogP) is 4.22. The average molecular weight is 233 g/mol. The summed E-state index contributed by atoms with van der Waals surface area (Å²) in [5.74, 6) is 0.985. The molecular formula is C15H23NO. The molecule has 0 atom stereocenters. The van der Waals surface area contributed by atoms with E-state index in [2.05, 4.69) is 17.4 Å². The van der Waals surface area contributed by atoms with Crippen molar-refractivity contribution < 1.29 is 4.74 Å². The Hall–Kier alpha value is -1.18. The van der Waals surface area contributed by atoms with Gasteiger partial charge in [0.05, 0.1) is 12.3 Å². The zero-order valence-electron chi connectivity index (χ0n) is 10.7.